The Labute approximate surface area is 94.5 Å². The number of hydrogen-bond donors (Lipinski definition) is 0. The summed E-state index contributed by atoms with van der Waals surface area (Å²) < 4.78 is 44.6. The molecular weight excluding hydrogens is 249 g/mol. The zero-order chi connectivity index (χ0) is 12.8. The third-order valence-corrected chi connectivity index (χ3v) is 2.10. The lowest BCUT2D eigenvalue weighted by molar-refractivity contribution is -0.154. The first kappa shape index (κ1) is 15.1. The molecule has 0 aromatic heterocycles. The van der Waals surface area contributed by atoms with Crippen LogP contribution in [-0.4, -0.2) is 35.9 Å². The molecule has 16 heavy (non-hydrogen) atoms. The number of thioether (sulfide) groups is 1. The minimum atomic E-state index is -4.41. The van der Waals surface area contributed by atoms with E-state index in [0.29, 0.717) is 0 Å². The Morgan fingerprint density at radius 2 is 1.81 bits per heavy atom. The Hall–Kier alpha value is -0.920. The number of rotatable bonds is 5. The van der Waals surface area contributed by atoms with E-state index in [9.17, 15) is 22.8 Å². The van der Waals surface area contributed by atoms with Gasteiger partial charge >= 0.3 is 17.4 Å². The summed E-state index contributed by atoms with van der Waals surface area (Å²) in [5.41, 5.74) is -4.41. The molecule has 0 aliphatic rings. The number of ether oxygens (including phenoxy) is 2. The van der Waals surface area contributed by atoms with Gasteiger partial charge in [0.2, 0.25) is 0 Å². The average Bonchev–Trinajstić information content (AvgIpc) is 2.07. The number of esters is 2. The van der Waals surface area contributed by atoms with Crippen LogP contribution < -0.4 is 0 Å². The highest BCUT2D eigenvalue weighted by Gasteiger charge is 2.30. The predicted octanol–water partition coefficient (Wildman–Crippen LogP) is 1.73. The minimum Gasteiger partial charge on any atom is -0.462 e. The fourth-order valence-corrected chi connectivity index (χ4v) is 1.29. The highest BCUT2D eigenvalue weighted by molar-refractivity contribution is 8.00. The summed E-state index contributed by atoms with van der Waals surface area (Å²) in [6.45, 7) is 1.80. The third kappa shape index (κ3) is 9.63. The number of alkyl halides is 3. The van der Waals surface area contributed by atoms with Gasteiger partial charge in [0.15, 0.2) is 0 Å². The summed E-state index contributed by atoms with van der Waals surface area (Å²) in [7, 11) is 0. The molecule has 0 rings (SSSR count). The van der Waals surface area contributed by atoms with E-state index in [4.69, 9.17) is 0 Å². The van der Waals surface area contributed by atoms with Crippen LogP contribution >= 0.6 is 11.8 Å². The highest BCUT2D eigenvalue weighted by atomic mass is 32.2. The maximum absolute atomic E-state index is 11.9. The zero-order valence-electron chi connectivity index (χ0n) is 8.67. The van der Waals surface area contributed by atoms with E-state index < -0.39 is 29.3 Å². The van der Waals surface area contributed by atoms with Crippen molar-refractivity contribution >= 4 is 23.7 Å². The zero-order valence-corrected chi connectivity index (χ0v) is 9.48. The van der Waals surface area contributed by atoms with E-state index in [-0.39, 0.29) is 18.4 Å². The molecular formula is C8H11F3O4S. The second kappa shape index (κ2) is 6.62. The molecule has 0 bridgehead atoms. The first-order valence-corrected chi connectivity index (χ1v) is 5.20. The second-order valence-corrected chi connectivity index (χ2v) is 3.88. The van der Waals surface area contributed by atoms with E-state index >= 15 is 0 Å². The van der Waals surface area contributed by atoms with Gasteiger partial charge in [-0.05, 0) is 11.8 Å². The van der Waals surface area contributed by atoms with Gasteiger partial charge < -0.3 is 9.47 Å². The Morgan fingerprint density at radius 1 is 1.25 bits per heavy atom. The van der Waals surface area contributed by atoms with Crippen LogP contribution in [-0.2, 0) is 19.1 Å². The van der Waals surface area contributed by atoms with Gasteiger partial charge in [-0.2, -0.15) is 13.2 Å². The summed E-state index contributed by atoms with van der Waals surface area (Å²) in [5.74, 6) is -1.87. The smallest absolute Gasteiger partial charge is 0.441 e. The SMILES string of the molecule is CC(=O)OCC(CSC(F)(F)F)OC(C)=O. The molecule has 0 fully saturated rings. The largest absolute Gasteiger partial charge is 0.462 e. The van der Waals surface area contributed by atoms with Crippen molar-refractivity contribution in [3.8, 4) is 0 Å². The van der Waals surface area contributed by atoms with Crippen molar-refractivity contribution in [3.63, 3.8) is 0 Å². The van der Waals surface area contributed by atoms with Gasteiger partial charge in [0.1, 0.15) is 12.7 Å². The molecule has 0 radical (unpaired) electrons. The number of halogens is 3. The van der Waals surface area contributed by atoms with Gasteiger partial charge in [0.25, 0.3) is 0 Å². The lowest BCUT2D eigenvalue weighted by Crippen LogP contribution is -2.27. The molecule has 0 aromatic carbocycles. The first-order chi connectivity index (χ1) is 7.20. The second-order valence-electron chi connectivity index (χ2n) is 2.79. The number of carbonyl (C=O) groups is 2. The molecule has 0 spiro atoms. The fourth-order valence-electron chi connectivity index (χ4n) is 0.749. The lowest BCUT2D eigenvalue weighted by Gasteiger charge is -2.16. The average molecular weight is 260 g/mol. The molecule has 1 atom stereocenters. The molecule has 0 saturated heterocycles. The van der Waals surface area contributed by atoms with Gasteiger partial charge in [-0.15, -0.1) is 0 Å². The van der Waals surface area contributed by atoms with E-state index in [2.05, 4.69) is 9.47 Å². The standard InChI is InChI=1S/C8H11F3O4S/c1-5(12)14-3-7(15-6(2)13)4-16-8(9,10)11/h7H,3-4H2,1-2H3. The Bertz CT molecular complexity index is 254. The quantitative estimate of drug-likeness (QED) is 0.705. The summed E-state index contributed by atoms with van der Waals surface area (Å²) in [6.07, 6.45) is -1.09. The van der Waals surface area contributed by atoms with Crippen LogP contribution in [0.5, 0.6) is 0 Å². The summed E-state index contributed by atoms with van der Waals surface area (Å²) in [4.78, 5) is 21.0. The maximum Gasteiger partial charge on any atom is 0.441 e. The van der Waals surface area contributed by atoms with E-state index in [1.807, 2.05) is 0 Å². The Kier molecular flexibility index (Phi) is 6.24. The maximum atomic E-state index is 11.9. The van der Waals surface area contributed by atoms with Crippen LogP contribution in [0.15, 0.2) is 0 Å². The molecule has 0 N–H and O–H groups in total. The number of carbonyl (C=O) groups excluding carboxylic acids is 2. The molecule has 0 amide bonds. The van der Waals surface area contributed by atoms with E-state index in [1.54, 1.807) is 0 Å². The van der Waals surface area contributed by atoms with Gasteiger partial charge in [-0.25, -0.2) is 0 Å². The van der Waals surface area contributed by atoms with Crippen LogP contribution in [0.2, 0.25) is 0 Å². The van der Waals surface area contributed by atoms with Gasteiger partial charge in [-0.1, -0.05) is 0 Å². The molecule has 0 heterocycles. The molecule has 0 aliphatic heterocycles. The number of hydrogen-bond acceptors (Lipinski definition) is 5. The molecule has 94 valence electrons. The molecule has 1 unspecified atom stereocenters. The van der Waals surface area contributed by atoms with Crippen molar-refractivity contribution in [2.24, 2.45) is 0 Å². The summed E-state index contributed by atoms with van der Waals surface area (Å²) in [6, 6.07) is 0. The third-order valence-electron chi connectivity index (χ3n) is 1.24. The molecule has 0 aromatic rings. The fraction of sp³-hybridized carbons (Fsp3) is 0.750. The van der Waals surface area contributed by atoms with Crippen LogP contribution in [0, 0.1) is 0 Å². The predicted molar refractivity (Wildman–Crippen MR) is 50.7 cm³/mol. The topological polar surface area (TPSA) is 52.6 Å². The monoisotopic (exact) mass is 260 g/mol. The van der Waals surface area contributed by atoms with Crippen molar-refractivity contribution in [1.29, 1.82) is 0 Å². The van der Waals surface area contributed by atoms with Gasteiger partial charge in [-0.3, -0.25) is 9.59 Å². The highest BCUT2D eigenvalue weighted by Crippen LogP contribution is 2.30. The normalized spacial score (nSPS) is 13.1. The van der Waals surface area contributed by atoms with E-state index in [1.165, 1.54) is 0 Å². The van der Waals surface area contributed by atoms with E-state index in [0.717, 1.165) is 13.8 Å². The van der Waals surface area contributed by atoms with Crippen molar-refractivity contribution in [2.75, 3.05) is 12.4 Å². The molecule has 0 saturated carbocycles. The van der Waals surface area contributed by atoms with Crippen LogP contribution in [0.3, 0.4) is 0 Å². The first-order valence-electron chi connectivity index (χ1n) is 4.22. The van der Waals surface area contributed by atoms with Crippen molar-refractivity contribution in [3.05, 3.63) is 0 Å². The van der Waals surface area contributed by atoms with Gasteiger partial charge in [0.05, 0.1) is 0 Å². The molecule has 8 heteroatoms. The minimum absolute atomic E-state index is 0.333. The van der Waals surface area contributed by atoms with Crippen LogP contribution in [0.25, 0.3) is 0 Å². The molecule has 4 nitrogen and oxygen atoms in total. The summed E-state index contributed by atoms with van der Waals surface area (Å²) >= 11 is -0.333. The summed E-state index contributed by atoms with van der Waals surface area (Å²) in [5, 5.41) is 0. The van der Waals surface area contributed by atoms with Gasteiger partial charge in [0, 0.05) is 19.6 Å². The Morgan fingerprint density at radius 3 is 2.19 bits per heavy atom. The lowest BCUT2D eigenvalue weighted by atomic mass is 10.4. The van der Waals surface area contributed by atoms with Crippen molar-refractivity contribution in [1.82, 2.24) is 0 Å². The Balaban J connectivity index is 4.10. The van der Waals surface area contributed by atoms with Crippen LogP contribution in [0.4, 0.5) is 13.2 Å². The molecule has 0 aliphatic carbocycles. The van der Waals surface area contributed by atoms with Crippen molar-refractivity contribution in [2.45, 2.75) is 25.5 Å². The van der Waals surface area contributed by atoms with Crippen LogP contribution in [0.1, 0.15) is 13.8 Å². The van der Waals surface area contributed by atoms with Crippen molar-refractivity contribution < 1.29 is 32.2 Å².